The zero-order chi connectivity index (χ0) is 19.3. The highest BCUT2D eigenvalue weighted by Gasteiger charge is 2.19. The first-order chi connectivity index (χ1) is 12.3. The molecule has 0 unspecified atom stereocenters. The first-order valence-electron chi connectivity index (χ1n) is 7.46. The summed E-state index contributed by atoms with van der Waals surface area (Å²) in [5.41, 5.74) is 5.97. The third-order valence-electron chi connectivity index (χ3n) is 3.40. The molecule has 0 bridgehead atoms. The number of rotatable bonds is 7. The fourth-order valence-corrected chi connectivity index (χ4v) is 2.98. The summed E-state index contributed by atoms with van der Waals surface area (Å²) < 4.78 is 0. The minimum Gasteiger partial charge on any atom is -0.368 e. The van der Waals surface area contributed by atoms with Gasteiger partial charge in [-0.3, -0.25) is 24.5 Å². The molecule has 9 nitrogen and oxygen atoms in total. The van der Waals surface area contributed by atoms with Crippen LogP contribution in [0.5, 0.6) is 0 Å². The van der Waals surface area contributed by atoms with Crippen LogP contribution in [0.2, 0.25) is 0 Å². The summed E-state index contributed by atoms with van der Waals surface area (Å²) in [5.74, 6) is -1.48. The zero-order valence-corrected chi connectivity index (χ0v) is 14.6. The molecule has 0 aliphatic heterocycles. The van der Waals surface area contributed by atoms with Gasteiger partial charge in [0.25, 0.3) is 17.5 Å². The molecule has 136 valence electrons. The molecule has 3 amide bonds. The number of nitrogens with two attached hydrogens (primary N) is 1. The molecule has 0 radical (unpaired) electrons. The average Bonchev–Trinajstić information content (AvgIpc) is 3.00. The van der Waals surface area contributed by atoms with Gasteiger partial charge >= 0.3 is 0 Å². The number of nitro groups is 1. The van der Waals surface area contributed by atoms with Crippen LogP contribution in [0.15, 0.2) is 30.3 Å². The normalized spacial score (nSPS) is 10.2. The van der Waals surface area contributed by atoms with Gasteiger partial charge < -0.3 is 16.4 Å². The number of amides is 3. The molecule has 10 heteroatoms. The predicted molar refractivity (Wildman–Crippen MR) is 94.9 cm³/mol. The number of carbonyl (C=O) groups excluding carboxylic acids is 3. The number of benzene rings is 1. The Morgan fingerprint density at radius 1 is 1.15 bits per heavy atom. The molecule has 0 aliphatic rings. The summed E-state index contributed by atoms with van der Waals surface area (Å²) in [4.78, 5) is 45.5. The maximum absolute atomic E-state index is 12.1. The van der Waals surface area contributed by atoms with Crippen LogP contribution in [-0.4, -0.2) is 29.2 Å². The summed E-state index contributed by atoms with van der Waals surface area (Å²) >= 11 is 1.06. The van der Waals surface area contributed by atoms with Crippen LogP contribution in [0.1, 0.15) is 30.5 Å². The molecule has 1 heterocycles. The number of aryl methyl sites for hydroxylation is 1. The first-order valence-corrected chi connectivity index (χ1v) is 8.28. The molecular formula is C16H16N4O5S. The quantitative estimate of drug-likeness (QED) is 0.490. The molecule has 0 spiro atoms. The van der Waals surface area contributed by atoms with Gasteiger partial charge in [-0.2, -0.15) is 0 Å². The smallest absolute Gasteiger partial charge is 0.283 e. The Morgan fingerprint density at radius 3 is 2.35 bits per heavy atom. The van der Waals surface area contributed by atoms with Gasteiger partial charge in [0, 0.05) is 18.2 Å². The minimum atomic E-state index is -0.637. The van der Waals surface area contributed by atoms with Crippen molar-refractivity contribution in [2.75, 3.05) is 6.54 Å². The van der Waals surface area contributed by atoms with Crippen LogP contribution >= 0.6 is 11.3 Å². The lowest BCUT2D eigenvalue weighted by atomic mass is 10.1. The van der Waals surface area contributed by atoms with E-state index in [2.05, 4.69) is 10.6 Å². The zero-order valence-electron chi connectivity index (χ0n) is 13.8. The second kappa shape index (κ2) is 8.21. The van der Waals surface area contributed by atoms with E-state index >= 15 is 0 Å². The van der Waals surface area contributed by atoms with Gasteiger partial charge in [0.1, 0.15) is 0 Å². The van der Waals surface area contributed by atoms with Gasteiger partial charge in [-0.15, -0.1) is 11.3 Å². The molecule has 2 rings (SSSR count). The van der Waals surface area contributed by atoms with Crippen LogP contribution in [0, 0.1) is 17.0 Å². The average molecular weight is 376 g/mol. The number of hydrogen-bond acceptors (Lipinski definition) is 6. The van der Waals surface area contributed by atoms with Gasteiger partial charge in [-0.1, -0.05) is 12.1 Å². The standard InChI is InChI=1S/C16H16N4O5S/c1-9-12(20(24)25)6-13(26-9)16(23)18-7-10-2-4-11(5-3-10)15(22)19-8-14(17)21/h2-6H,7-8H2,1H3,(H2,17,21)(H,18,23)(H,19,22). The molecule has 2 aromatic rings. The van der Waals surface area contributed by atoms with Crippen molar-refractivity contribution >= 4 is 34.7 Å². The summed E-state index contributed by atoms with van der Waals surface area (Å²) in [6.07, 6.45) is 0. The van der Waals surface area contributed by atoms with E-state index in [0.29, 0.717) is 10.4 Å². The molecule has 0 aliphatic carbocycles. The van der Waals surface area contributed by atoms with Gasteiger partial charge in [0.05, 0.1) is 21.2 Å². The van der Waals surface area contributed by atoms with Crippen molar-refractivity contribution in [2.45, 2.75) is 13.5 Å². The Labute approximate surface area is 152 Å². The van der Waals surface area contributed by atoms with Crippen molar-refractivity contribution in [2.24, 2.45) is 5.73 Å². The second-order valence-corrected chi connectivity index (χ2v) is 6.59. The third-order valence-corrected chi connectivity index (χ3v) is 4.44. The highest BCUT2D eigenvalue weighted by atomic mass is 32.1. The van der Waals surface area contributed by atoms with Gasteiger partial charge in [0.2, 0.25) is 5.91 Å². The lowest BCUT2D eigenvalue weighted by molar-refractivity contribution is -0.385. The first kappa shape index (κ1) is 19.1. The van der Waals surface area contributed by atoms with Gasteiger partial charge in [-0.05, 0) is 24.6 Å². The predicted octanol–water partition coefficient (Wildman–Crippen LogP) is 1.11. The maximum Gasteiger partial charge on any atom is 0.283 e. The Bertz CT molecular complexity index is 860. The third kappa shape index (κ3) is 4.86. The monoisotopic (exact) mass is 376 g/mol. The van der Waals surface area contributed by atoms with E-state index in [1.54, 1.807) is 31.2 Å². The molecule has 0 fully saturated rings. The topological polar surface area (TPSA) is 144 Å². The second-order valence-electron chi connectivity index (χ2n) is 5.34. The largest absolute Gasteiger partial charge is 0.368 e. The Balaban J connectivity index is 1.94. The minimum absolute atomic E-state index is 0.0773. The highest BCUT2D eigenvalue weighted by molar-refractivity contribution is 7.14. The van der Waals surface area contributed by atoms with Crippen LogP contribution < -0.4 is 16.4 Å². The number of nitrogens with one attached hydrogen (secondary N) is 2. The Morgan fingerprint density at radius 2 is 1.81 bits per heavy atom. The highest BCUT2D eigenvalue weighted by Crippen LogP contribution is 2.27. The summed E-state index contributed by atoms with van der Waals surface area (Å²) in [5, 5.41) is 15.9. The van der Waals surface area contributed by atoms with Crippen molar-refractivity contribution in [3.63, 3.8) is 0 Å². The fourth-order valence-electron chi connectivity index (χ4n) is 2.08. The SMILES string of the molecule is Cc1sc(C(=O)NCc2ccc(C(=O)NCC(N)=O)cc2)cc1[N+](=O)[O-]. The van der Waals surface area contributed by atoms with Crippen LogP contribution in [0.25, 0.3) is 0 Å². The molecule has 0 atom stereocenters. The van der Waals surface area contributed by atoms with Crippen molar-refractivity contribution in [3.8, 4) is 0 Å². The van der Waals surface area contributed by atoms with E-state index in [9.17, 15) is 24.5 Å². The summed E-state index contributed by atoms with van der Waals surface area (Å²) in [6.45, 7) is 1.54. The number of thiophene rings is 1. The van der Waals surface area contributed by atoms with Crippen molar-refractivity contribution in [3.05, 3.63) is 61.3 Å². The van der Waals surface area contributed by atoms with Crippen LogP contribution in [0.3, 0.4) is 0 Å². The fraction of sp³-hybridized carbons (Fsp3) is 0.188. The number of nitrogens with zero attached hydrogens (tertiary/aromatic N) is 1. The lowest BCUT2D eigenvalue weighted by Gasteiger charge is -2.06. The number of hydrogen-bond donors (Lipinski definition) is 3. The van der Waals surface area contributed by atoms with Gasteiger partial charge in [-0.25, -0.2) is 0 Å². The van der Waals surface area contributed by atoms with Crippen molar-refractivity contribution in [1.82, 2.24) is 10.6 Å². The molecule has 1 aromatic heterocycles. The molecular weight excluding hydrogens is 360 g/mol. The summed E-state index contributed by atoms with van der Waals surface area (Å²) in [6, 6.07) is 7.67. The molecule has 1 aromatic carbocycles. The van der Waals surface area contributed by atoms with E-state index in [1.165, 1.54) is 6.07 Å². The van der Waals surface area contributed by atoms with E-state index < -0.39 is 22.6 Å². The number of carbonyl (C=O) groups is 3. The maximum atomic E-state index is 12.1. The molecule has 0 saturated heterocycles. The van der Waals surface area contributed by atoms with E-state index in [1.807, 2.05) is 0 Å². The van der Waals surface area contributed by atoms with E-state index in [4.69, 9.17) is 5.73 Å². The van der Waals surface area contributed by atoms with E-state index in [0.717, 1.165) is 16.9 Å². The van der Waals surface area contributed by atoms with E-state index in [-0.39, 0.29) is 23.7 Å². The number of primary amides is 1. The molecule has 0 saturated carbocycles. The van der Waals surface area contributed by atoms with Crippen LogP contribution in [-0.2, 0) is 11.3 Å². The molecule has 26 heavy (non-hydrogen) atoms. The van der Waals surface area contributed by atoms with Gasteiger partial charge in [0.15, 0.2) is 0 Å². The lowest BCUT2D eigenvalue weighted by Crippen LogP contribution is -2.33. The summed E-state index contributed by atoms with van der Waals surface area (Å²) in [7, 11) is 0. The van der Waals surface area contributed by atoms with Crippen molar-refractivity contribution in [1.29, 1.82) is 0 Å². The molecule has 4 N–H and O–H groups in total. The van der Waals surface area contributed by atoms with Crippen LogP contribution in [0.4, 0.5) is 5.69 Å². The Hall–Kier alpha value is -3.27. The Kier molecular flexibility index (Phi) is 6.02. The van der Waals surface area contributed by atoms with Crippen molar-refractivity contribution < 1.29 is 19.3 Å².